The highest BCUT2D eigenvalue weighted by molar-refractivity contribution is 7.17. The number of nitrogens with one attached hydrogen (secondary N) is 2. The number of esters is 1. The highest BCUT2D eigenvalue weighted by atomic mass is 32.1. The number of methoxy groups -OCH3 is 2. The summed E-state index contributed by atoms with van der Waals surface area (Å²) in [5.74, 6) is -0.815. The molecule has 0 aliphatic heterocycles. The first-order valence-electron chi connectivity index (χ1n) is 10.6. The zero-order valence-corrected chi connectivity index (χ0v) is 19.8. The summed E-state index contributed by atoms with van der Waals surface area (Å²) in [5, 5.41) is 6.72. The molecule has 10 heteroatoms. The fourth-order valence-corrected chi connectivity index (χ4v) is 4.96. The van der Waals surface area contributed by atoms with E-state index >= 15 is 0 Å². The van der Waals surface area contributed by atoms with E-state index in [9.17, 15) is 14.4 Å². The van der Waals surface area contributed by atoms with Crippen molar-refractivity contribution in [3.8, 4) is 11.5 Å². The monoisotopic (exact) mass is 473 g/mol. The molecule has 33 heavy (non-hydrogen) atoms. The molecule has 3 rings (SSSR count). The second kappa shape index (κ2) is 11.0. The number of fused-ring (bicyclic) bond motifs is 1. The van der Waals surface area contributed by atoms with Crippen molar-refractivity contribution in [2.75, 3.05) is 26.1 Å². The van der Waals surface area contributed by atoms with Crippen molar-refractivity contribution in [1.82, 2.24) is 5.43 Å². The Bertz CT molecular complexity index is 1080. The normalized spacial score (nSPS) is 15.0. The molecule has 1 heterocycles. The molecular formula is C23H27N3O6S. The molecule has 0 saturated heterocycles. The van der Waals surface area contributed by atoms with Crippen molar-refractivity contribution < 1.29 is 28.6 Å². The first-order valence-corrected chi connectivity index (χ1v) is 11.4. The van der Waals surface area contributed by atoms with Gasteiger partial charge < -0.3 is 19.5 Å². The first-order chi connectivity index (χ1) is 15.9. The van der Waals surface area contributed by atoms with Crippen LogP contribution in [0.3, 0.4) is 0 Å². The number of carbonyl (C=O) groups excluding carboxylic acids is 3. The molecule has 0 fully saturated rings. The van der Waals surface area contributed by atoms with Crippen LogP contribution in [0.4, 0.5) is 5.00 Å². The van der Waals surface area contributed by atoms with E-state index < -0.39 is 17.8 Å². The molecule has 0 saturated carbocycles. The molecule has 1 aliphatic carbocycles. The summed E-state index contributed by atoms with van der Waals surface area (Å²) in [6.45, 7) is 4.09. The van der Waals surface area contributed by atoms with Crippen molar-refractivity contribution >= 4 is 40.3 Å². The van der Waals surface area contributed by atoms with Crippen LogP contribution in [0.5, 0.6) is 11.5 Å². The Kier molecular flexibility index (Phi) is 8.05. The first kappa shape index (κ1) is 24.2. The van der Waals surface area contributed by atoms with Gasteiger partial charge in [0.2, 0.25) is 0 Å². The third-order valence-corrected chi connectivity index (χ3v) is 6.38. The lowest BCUT2D eigenvalue weighted by atomic mass is 9.88. The van der Waals surface area contributed by atoms with Crippen molar-refractivity contribution in [1.29, 1.82) is 0 Å². The summed E-state index contributed by atoms with van der Waals surface area (Å²) in [5.41, 5.74) is 4.08. The van der Waals surface area contributed by atoms with Crippen LogP contribution in [-0.2, 0) is 27.2 Å². The summed E-state index contributed by atoms with van der Waals surface area (Å²) in [6.07, 6.45) is 3.89. The Morgan fingerprint density at radius 1 is 1.18 bits per heavy atom. The standard InChI is InChI=1S/C23H27N3O6S/c1-5-32-23(29)19-15-8-6-13(2)10-18(15)33-22(19)25-20(27)21(28)26-24-12-14-7-9-16(30-3)17(11-14)31-4/h7,9,11-13H,5-6,8,10H2,1-4H3,(H,25,27)(H,26,28)/b24-12+. The van der Waals surface area contributed by atoms with E-state index in [0.29, 0.717) is 33.5 Å². The van der Waals surface area contributed by atoms with Gasteiger partial charge in [-0.25, -0.2) is 10.2 Å². The topological polar surface area (TPSA) is 115 Å². The molecule has 2 aromatic rings. The molecule has 176 valence electrons. The SMILES string of the molecule is CCOC(=O)c1c(NC(=O)C(=O)N/N=C/c2ccc(OC)c(OC)c2)sc2c1CCC(C)C2. The molecular weight excluding hydrogens is 446 g/mol. The van der Waals surface area contributed by atoms with E-state index in [0.717, 1.165) is 29.7 Å². The average molecular weight is 474 g/mol. The Morgan fingerprint density at radius 2 is 1.94 bits per heavy atom. The number of amides is 2. The van der Waals surface area contributed by atoms with E-state index in [1.807, 2.05) is 0 Å². The molecule has 1 aliphatic rings. The lowest BCUT2D eigenvalue weighted by Gasteiger charge is -2.18. The van der Waals surface area contributed by atoms with Gasteiger partial charge in [-0.2, -0.15) is 5.10 Å². The maximum atomic E-state index is 12.5. The van der Waals surface area contributed by atoms with Gasteiger partial charge in [-0.1, -0.05) is 6.92 Å². The second-order valence-corrected chi connectivity index (χ2v) is 8.65. The molecule has 0 radical (unpaired) electrons. The van der Waals surface area contributed by atoms with Gasteiger partial charge in [-0.05, 0) is 61.4 Å². The van der Waals surface area contributed by atoms with Gasteiger partial charge in [0.25, 0.3) is 0 Å². The van der Waals surface area contributed by atoms with Crippen LogP contribution >= 0.6 is 11.3 Å². The lowest BCUT2D eigenvalue weighted by Crippen LogP contribution is -2.32. The fourth-order valence-electron chi connectivity index (χ4n) is 3.57. The van der Waals surface area contributed by atoms with Crippen molar-refractivity contribution in [3.63, 3.8) is 0 Å². The number of hydrogen-bond acceptors (Lipinski definition) is 8. The highest BCUT2D eigenvalue weighted by Gasteiger charge is 2.30. The van der Waals surface area contributed by atoms with Gasteiger partial charge in [-0.15, -0.1) is 11.3 Å². The molecule has 1 atom stereocenters. The maximum absolute atomic E-state index is 12.5. The largest absolute Gasteiger partial charge is 0.493 e. The van der Waals surface area contributed by atoms with Gasteiger partial charge in [0.05, 0.1) is 32.6 Å². The fraction of sp³-hybridized carbons (Fsp3) is 0.391. The molecule has 0 spiro atoms. The summed E-state index contributed by atoms with van der Waals surface area (Å²) < 4.78 is 15.6. The predicted octanol–water partition coefficient (Wildman–Crippen LogP) is 3.16. The minimum absolute atomic E-state index is 0.221. The van der Waals surface area contributed by atoms with Gasteiger partial charge in [-0.3, -0.25) is 9.59 Å². The number of ether oxygens (including phenoxy) is 3. The van der Waals surface area contributed by atoms with Crippen LogP contribution < -0.4 is 20.2 Å². The molecule has 0 bridgehead atoms. The quantitative estimate of drug-likeness (QED) is 0.276. The van der Waals surface area contributed by atoms with Crippen LogP contribution in [0.15, 0.2) is 23.3 Å². The smallest absolute Gasteiger partial charge is 0.341 e. The second-order valence-electron chi connectivity index (χ2n) is 7.54. The van der Waals surface area contributed by atoms with Crippen LogP contribution in [0.1, 0.15) is 46.6 Å². The van der Waals surface area contributed by atoms with Crippen molar-refractivity contribution in [2.45, 2.75) is 33.1 Å². The summed E-state index contributed by atoms with van der Waals surface area (Å²) in [6, 6.07) is 5.10. The summed E-state index contributed by atoms with van der Waals surface area (Å²) in [7, 11) is 3.04. The maximum Gasteiger partial charge on any atom is 0.341 e. The number of hydrogen-bond donors (Lipinski definition) is 2. The van der Waals surface area contributed by atoms with E-state index in [1.54, 1.807) is 25.1 Å². The van der Waals surface area contributed by atoms with Crippen molar-refractivity contribution in [2.24, 2.45) is 11.0 Å². The van der Waals surface area contributed by atoms with Gasteiger partial charge in [0, 0.05) is 4.88 Å². The van der Waals surface area contributed by atoms with E-state index in [2.05, 4.69) is 22.8 Å². The molecule has 1 aromatic heterocycles. The third kappa shape index (κ3) is 5.70. The number of benzene rings is 1. The van der Waals surface area contributed by atoms with E-state index in [-0.39, 0.29) is 6.61 Å². The van der Waals surface area contributed by atoms with E-state index in [4.69, 9.17) is 14.2 Å². The van der Waals surface area contributed by atoms with Gasteiger partial charge in [0.15, 0.2) is 11.5 Å². The molecule has 9 nitrogen and oxygen atoms in total. The lowest BCUT2D eigenvalue weighted by molar-refractivity contribution is -0.136. The Labute approximate surface area is 196 Å². The minimum Gasteiger partial charge on any atom is -0.493 e. The summed E-state index contributed by atoms with van der Waals surface area (Å²) in [4.78, 5) is 38.3. The average Bonchev–Trinajstić information content (AvgIpc) is 3.15. The number of carbonyl (C=O) groups is 3. The number of rotatable bonds is 7. The number of anilines is 1. The summed E-state index contributed by atoms with van der Waals surface area (Å²) >= 11 is 1.32. The number of hydrazone groups is 1. The molecule has 2 N–H and O–H groups in total. The number of thiophene rings is 1. The van der Waals surface area contributed by atoms with Gasteiger partial charge >= 0.3 is 17.8 Å². The van der Waals surface area contributed by atoms with Crippen LogP contribution in [0.25, 0.3) is 0 Å². The molecule has 1 aromatic carbocycles. The van der Waals surface area contributed by atoms with Crippen LogP contribution in [0, 0.1) is 5.92 Å². The third-order valence-electron chi connectivity index (χ3n) is 5.21. The van der Waals surface area contributed by atoms with Crippen LogP contribution in [0.2, 0.25) is 0 Å². The number of nitrogens with zero attached hydrogens (tertiary/aromatic N) is 1. The zero-order chi connectivity index (χ0) is 24.0. The Hall–Kier alpha value is -3.40. The predicted molar refractivity (Wildman–Crippen MR) is 125 cm³/mol. The van der Waals surface area contributed by atoms with Gasteiger partial charge in [0.1, 0.15) is 5.00 Å². The molecule has 2 amide bonds. The van der Waals surface area contributed by atoms with Crippen LogP contribution in [-0.4, -0.2) is 44.8 Å². The van der Waals surface area contributed by atoms with Crippen molar-refractivity contribution in [3.05, 3.63) is 39.8 Å². The highest BCUT2D eigenvalue weighted by Crippen LogP contribution is 2.40. The van der Waals surface area contributed by atoms with E-state index in [1.165, 1.54) is 31.8 Å². The zero-order valence-electron chi connectivity index (χ0n) is 19.0. The minimum atomic E-state index is -0.957. The Morgan fingerprint density at radius 3 is 2.64 bits per heavy atom. The Balaban J connectivity index is 1.70. The molecule has 1 unspecified atom stereocenters.